The van der Waals surface area contributed by atoms with E-state index in [1.807, 2.05) is 54.3 Å². The number of anilines is 1. The summed E-state index contributed by atoms with van der Waals surface area (Å²) < 4.78 is 6.53. The van der Waals surface area contributed by atoms with Gasteiger partial charge < -0.3 is 4.74 Å². The Morgan fingerprint density at radius 1 is 1.14 bits per heavy atom. The fraction of sp³-hybridized carbons (Fsp3) is 0.364. The number of morpholine rings is 1. The van der Waals surface area contributed by atoms with Crippen molar-refractivity contribution in [1.82, 2.24) is 9.88 Å². The summed E-state index contributed by atoms with van der Waals surface area (Å²) in [5.41, 5.74) is 2.80. The van der Waals surface area contributed by atoms with Gasteiger partial charge in [-0.2, -0.15) is 0 Å². The Balaban J connectivity index is 1.54. The third-order valence-corrected chi connectivity index (χ3v) is 6.08. The van der Waals surface area contributed by atoms with Crippen molar-refractivity contribution in [2.24, 2.45) is 0 Å². The molecule has 6 heteroatoms. The van der Waals surface area contributed by atoms with Crippen molar-refractivity contribution in [3.05, 3.63) is 59.7 Å². The number of para-hydroxylation sites is 1. The Hall–Kier alpha value is -2.28. The molecule has 5 nitrogen and oxygen atoms in total. The fourth-order valence-electron chi connectivity index (χ4n) is 3.39. The van der Waals surface area contributed by atoms with Crippen molar-refractivity contribution < 1.29 is 9.53 Å². The number of ether oxygens (including phenoxy) is 1. The maximum atomic E-state index is 13.3. The second kappa shape index (κ2) is 8.82. The average molecular weight is 396 g/mol. The number of aromatic nitrogens is 1. The van der Waals surface area contributed by atoms with Crippen molar-refractivity contribution in [3.63, 3.8) is 0 Å². The van der Waals surface area contributed by atoms with Gasteiger partial charge in [0.15, 0.2) is 5.13 Å². The quantitative estimate of drug-likeness (QED) is 0.633. The highest BCUT2D eigenvalue weighted by molar-refractivity contribution is 7.22. The van der Waals surface area contributed by atoms with E-state index < -0.39 is 0 Å². The number of fused-ring (bicyclic) bond motifs is 1. The number of aryl methyl sites for hydroxylation is 1. The number of carbonyl (C=O) groups is 1. The van der Waals surface area contributed by atoms with E-state index in [1.54, 1.807) is 11.3 Å². The Morgan fingerprint density at radius 2 is 1.89 bits per heavy atom. The molecule has 0 unspecified atom stereocenters. The predicted molar refractivity (Wildman–Crippen MR) is 114 cm³/mol. The van der Waals surface area contributed by atoms with Gasteiger partial charge in [0.2, 0.25) is 0 Å². The number of thiazole rings is 1. The molecule has 3 aromatic rings. The van der Waals surface area contributed by atoms with Crippen LogP contribution in [0.3, 0.4) is 0 Å². The molecule has 1 saturated heterocycles. The molecule has 4 rings (SSSR count). The summed E-state index contributed by atoms with van der Waals surface area (Å²) in [5.74, 6) is 0.0148. The van der Waals surface area contributed by atoms with E-state index in [4.69, 9.17) is 9.72 Å². The molecule has 1 aliphatic heterocycles. The van der Waals surface area contributed by atoms with Crippen molar-refractivity contribution in [3.8, 4) is 0 Å². The van der Waals surface area contributed by atoms with E-state index in [1.165, 1.54) is 0 Å². The van der Waals surface area contributed by atoms with Gasteiger partial charge in [0.25, 0.3) is 5.91 Å². The Kier molecular flexibility index (Phi) is 6.00. The molecule has 2 aromatic carbocycles. The lowest BCUT2D eigenvalue weighted by Crippen LogP contribution is -2.39. The summed E-state index contributed by atoms with van der Waals surface area (Å²) >= 11 is 1.58. The first-order valence-corrected chi connectivity index (χ1v) is 10.6. The van der Waals surface area contributed by atoms with Crippen molar-refractivity contribution in [2.75, 3.05) is 44.3 Å². The van der Waals surface area contributed by atoms with Crippen LogP contribution in [0.15, 0.2) is 48.5 Å². The van der Waals surface area contributed by atoms with Crippen LogP contribution in [-0.4, -0.2) is 55.2 Å². The van der Waals surface area contributed by atoms with Gasteiger partial charge in [-0.05, 0) is 37.6 Å². The summed E-state index contributed by atoms with van der Waals surface area (Å²) in [4.78, 5) is 22.2. The largest absolute Gasteiger partial charge is 0.379 e. The third kappa shape index (κ3) is 4.41. The summed E-state index contributed by atoms with van der Waals surface area (Å²) in [6, 6.07) is 15.8. The highest BCUT2D eigenvalue weighted by Gasteiger charge is 2.21. The highest BCUT2D eigenvalue weighted by Crippen LogP contribution is 2.29. The van der Waals surface area contributed by atoms with Gasteiger partial charge in [-0.25, -0.2) is 4.98 Å². The lowest BCUT2D eigenvalue weighted by atomic mass is 10.1. The van der Waals surface area contributed by atoms with Crippen LogP contribution in [-0.2, 0) is 4.74 Å². The first kappa shape index (κ1) is 19.1. The Morgan fingerprint density at radius 3 is 2.64 bits per heavy atom. The number of benzene rings is 2. The number of hydrogen-bond acceptors (Lipinski definition) is 5. The lowest BCUT2D eigenvalue weighted by Gasteiger charge is -2.27. The summed E-state index contributed by atoms with van der Waals surface area (Å²) in [5, 5.41) is 0.772. The first-order chi connectivity index (χ1) is 13.7. The van der Waals surface area contributed by atoms with Crippen LogP contribution in [0.4, 0.5) is 5.13 Å². The molecule has 0 spiro atoms. The summed E-state index contributed by atoms with van der Waals surface area (Å²) in [7, 11) is 0. The number of amides is 1. The van der Waals surface area contributed by atoms with Crippen LogP contribution in [0, 0.1) is 6.92 Å². The number of nitrogens with zero attached hydrogens (tertiary/aromatic N) is 3. The van der Waals surface area contributed by atoms with Crippen molar-refractivity contribution in [1.29, 1.82) is 0 Å². The molecule has 1 amide bonds. The van der Waals surface area contributed by atoms with E-state index >= 15 is 0 Å². The predicted octanol–water partition coefficient (Wildman–Crippen LogP) is 3.97. The molecule has 0 atom stereocenters. The Labute approximate surface area is 169 Å². The molecule has 1 fully saturated rings. The number of rotatable bonds is 6. The molecule has 0 radical (unpaired) electrons. The van der Waals surface area contributed by atoms with E-state index in [-0.39, 0.29) is 5.91 Å². The maximum Gasteiger partial charge on any atom is 0.260 e. The average Bonchev–Trinajstić information content (AvgIpc) is 3.16. The summed E-state index contributed by atoms with van der Waals surface area (Å²) in [6.07, 6.45) is 0.910. The topological polar surface area (TPSA) is 45.7 Å². The van der Waals surface area contributed by atoms with E-state index in [0.29, 0.717) is 12.1 Å². The zero-order valence-corrected chi connectivity index (χ0v) is 17.0. The molecule has 0 saturated carbocycles. The second-order valence-corrected chi connectivity index (χ2v) is 8.10. The second-order valence-electron chi connectivity index (χ2n) is 7.09. The smallest absolute Gasteiger partial charge is 0.260 e. The number of carbonyl (C=O) groups excluding carboxylic acids is 1. The minimum atomic E-state index is 0.0148. The van der Waals surface area contributed by atoms with Gasteiger partial charge in [0, 0.05) is 31.7 Å². The van der Waals surface area contributed by atoms with Crippen LogP contribution < -0.4 is 4.90 Å². The normalized spacial score (nSPS) is 15.0. The van der Waals surface area contributed by atoms with Gasteiger partial charge in [-0.15, -0.1) is 0 Å². The molecule has 146 valence electrons. The molecule has 28 heavy (non-hydrogen) atoms. The molecular weight excluding hydrogens is 370 g/mol. The zero-order chi connectivity index (χ0) is 19.3. The van der Waals surface area contributed by atoms with Crippen LogP contribution in [0.5, 0.6) is 0 Å². The van der Waals surface area contributed by atoms with E-state index in [9.17, 15) is 4.79 Å². The van der Waals surface area contributed by atoms with Crippen LogP contribution >= 0.6 is 11.3 Å². The highest BCUT2D eigenvalue weighted by atomic mass is 32.1. The number of hydrogen-bond donors (Lipinski definition) is 0. The summed E-state index contributed by atoms with van der Waals surface area (Å²) in [6.45, 7) is 7.17. The van der Waals surface area contributed by atoms with Crippen LogP contribution in [0.25, 0.3) is 10.2 Å². The molecule has 0 N–H and O–H groups in total. The van der Waals surface area contributed by atoms with Gasteiger partial charge >= 0.3 is 0 Å². The van der Waals surface area contributed by atoms with Crippen molar-refractivity contribution >= 4 is 32.6 Å². The molecule has 1 aromatic heterocycles. The van der Waals surface area contributed by atoms with E-state index in [2.05, 4.69) is 11.0 Å². The van der Waals surface area contributed by atoms with Gasteiger partial charge in [0.1, 0.15) is 0 Å². The maximum absolute atomic E-state index is 13.3. The van der Waals surface area contributed by atoms with Crippen LogP contribution in [0.1, 0.15) is 22.3 Å². The van der Waals surface area contributed by atoms with Gasteiger partial charge in [-0.3, -0.25) is 14.6 Å². The molecule has 2 heterocycles. The third-order valence-electron chi connectivity index (χ3n) is 5.02. The van der Waals surface area contributed by atoms with Gasteiger partial charge in [-0.1, -0.05) is 41.2 Å². The molecule has 0 bridgehead atoms. The standard InChI is InChI=1S/C22H25N3O2S/c1-17-7-9-18(10-8-17)21(26)25(12-4-11-24-13-15-27-16-14-24)22-23-19-5-2-3-6-20(19)28-22/h2-3,5-10H,4,11-16H2,1H3. The molecular formula is C22H25N3O2S. The van der Waals surface area contributed by atoms with Gasteiger partial charge in [0.05, 0.1) is 23.4 Å². The fourth-order valence-corrected chi connectivity index (χ4v) is 4.38. The molecule has 0 aliphatic carbocycles. The van der Waals surface area contributed by atoms with Crippen molar-refractivity contribution in [2.45, 2.75) is 13.3 Å². The minimum absolute atomic E-state index is 0.0148. The lowest BCUT2D eigenvalue weighted by molar-refractivity contribution is 0.0376. The molecule has 1 aliphatic rings. The first-order valence-electron chi connectivity index (χ1n) is 9.75. The monoisotopic (exact) mass is 395 g/mol. The van der Waals surface area contributed by atoms with Crippen LogP contribution in [0.2, 0.25) is 0 Å². The SMILES string of the molecule is Cc1ccc(C(=O)N(CCCN2CCOCC2)c2nc3ccccc3s2)cc1. The minimum Gasteiger partial charge on any atom is -0.379 e. The zero-order valence-electron chi connectivity index (χ0n) is 16.1. The van der Waals surface area contributed by atoms with E-state index in [0.717, 1.165) is 60.2 Å². The Bertz CT molecular complexity index is 899.